The molecule has 2 heterocycles. The van der Waals surface area contributed by atoms with E-state index in [1.54, 1.807) is 30.3 Å². The molecule has 4 rings (SSSR count). The molecule has 0 aliphatic rings. The fourth-order valence-corrected chi connectivity index (χ4v) is 3.62. The number of hydrogen-bond acceptors (Lipinski definition) is 1. The van der Waals surface area contributed by atoms with Gasteiger partial charge in [0, 0.05) is 15.9 Å². The largest absolute Gasteiger partial charge is 0.469 e. The Bertz CT molecular complexity index is 1050. The van der Waals surface area contributed by atoms with Gasteiger partial charge in [-0.05, 0) is 35.4 Å². The van der Waals surface area contributed by atoms with E-state index in [-0.39, 0.29) is 5.76 Å². The molecule has 1 N–H and O–H groups in total. The zero-order valence-electron chi connectivity index (χ0n) is 14.1. The highest BCUT2D eigenvalue weighted by Gasteiger charge is 2.37. The summed E-state index contributed by atoms with van der Waals surface area (Å²) >= 11 is 6.09. The normalized spacial score (nSPS) is 13.2. The molecule has 0 aliphatic heterocycles. The van der Waals surface area contributed by atoms with Gasteiger partial charge in [-0.3, -0.25) is 0 Å². The molecule has 6 heteroatoms. The van der Waals surface area contributed by atoms with E-state index in [1.165, 1.54) is 6.26 Å². The van der Waals surface area contributed by atoms with E-state index >= 15 is 0 Å². The zero-order valence-corrected chi connectivity index (χ0v) is 14.8. The van der Waals surface area contributed by atoms with Crippen LogP contribution in [0, 0.1) is 0 Å². The third-order valence-electron chi connectivity index (χ3n) is 4.53. The molecule has 138 valence electrons. The Labute approximate surface area is 158 Å². The lowest BCUT2D eigenvalue weighted by Gasteiger charge is -2.18. The average Bonchev–Trinajstić information content (AvgIpc) is 3.27. The Morgan fingerprint density at radius 1 is 1.00 bits per heavy atom. The molecular formula is C21H15ClF3NO. The number of benzene rings is 2. The monoisotopic (exact) mass is 389 g/mol. The summed E-state index contributed by atoms with van der Waals surface area (Å²) in [4.78, 5) is 3.26. The zero-order chi connectivity index (χ0) is 19.0. The predicted octanol–water partition coefficient (Wildman–Crippen LogP) is 7.17. The first-order valence-electron chi connectivity index (χ1n) is 8.39. The van der Waals surface area contributed by atoms with Gasteiger partial charge < -0.3 is 9.40 Å². The molecule has 0 aliphatic carbocycles. The number of halogens is 4. The van der Waals surface area contributed by atoms with Crippen LogP contribution in [0.4, 0.5) is 13.2 Å². The smallest absolute Gasteiger partial charge is 0.390 e. The Kier molecular flexibility index (Phi) is 4.48. The summed E-state index contributed by atoms with van der Waals surface area (Å²) in [6.07, 6.45) is -3.97. The third kappa shape index (κ3) is 3.60. The lowest BCUT2D eigenvalue weighted by molar-refractivity contribution is -0.137. The van der Waals surface area contributed by atoms with Gasteiger partial charge in [0.05, 0.1) is 24.3 Å². The Morgan fingerprint density at radius 3 is 2.44 bits per heavy atom. The minimum absolute atomic E-state index is 0.278. The molecule has 0 radical (unpaired) electrons. The van der Waals surface area contributed by atoms with Gasteiger partial charge in [-0.15, -0.1) is 0 Å². The Balaban J connectivity index is 2.00. The van der Waals surface area contributed by atoms with Crippen LogP contribution in [0.5, 0.6) is 0 Å². The van der Waals surface area contributed by atoms with Crippen molar-refractivity contribution >= 4 is 22.5 Å². The number of aromatic nitrogens is 1. The Morgan fingerprint density at radius 2 is 1.78 bits per heavy atom. The molecule has 2 nitrogen and oxygen atoms in total. The fraction of sp³-hybridized carbons (Fsp3) is 0.143. The highest BCUT2D eigenvalue weighted by Crippen LogP contribution is 2.44. The number of H-pyrrole nitrogens is 1. The second-order valence-corrected chi connectivity index (χ2v) is 6.79. The van der Waals surface area contributed by atoms with Crippen LogP contribution in [0.15, 0.2) is 71.3 Å². The molecule has 0 bridgehead atoms. The van der Waals surface area contributed by atoms with Crippen molar-refractivity contribution in [3.63, 3.8) is 0 Å². The van der Waals surface area contributed by atoms with Gasteiger partial charge in [0.2, 0.25) is 0 Å². The lowest BCUT2D eigenvalue weighted by Crippen LogP contribution is -2.15. The maximum atomic E-state index is 13.4. The standard InChI is InChI=1S/C21H15ClF3NO/c22-14-8-9-15-17(11-14)26-20(13-5-2-1-3-6-13)19(15)16(12-21(23,24)25)18-7-4-10-27-18/h1-11,16,26H,12H2/t16-/m1/s1. The molecule has 0 saturated heterocycles. The Hall–Kier alpha value is -2.66. The van der Waals surface area contributed by atoms with E-state index in [1.807, 2.05) is 30.3 Å². The van der Waals surface area contributed by atoms with Crippen LogP contribution in [0.3, 0.4) is 0 Å². The SMILES string of the molecule is FC(F)(F)C[C@H](c1ccco1)c1c(-c2ccccc2)[nH]c2cc(Cl)ccc12. The lowest BCUT2D eigenvalue weighted by atomic mass is 9.88. The van der Waals surface area contributed by atoms with Crippen molar-refractivity contribution in [2.24, 2.45) is 0 Å². The number of furan rings is 1. The molecular weight excluding hydrogens is 375 g/mol. The molecule has 0 fully saturated rings. The number of fused-ring (bicyclic) bond motifs is 1. The van der Waals surface area contributed by atoms with Crippen molar-refractivity contribution in [3.8, 4) is 11.3 Å². The van der Waals surface area contributed by atoms with Gasteiger partial charge in [0.25, 0.3) is 0 Å². The number of nitrogens with one attached hydrogen (secondary N) is 1. The van der Waals surface area contributed by atoms with Gasteiger partial charge in [0.15, 0.2) is 0 Å². The van der Waals surface area contributed by atoms with Crippen molar-refractivity contribution in [2.45, 2.75) is 18.5 Å². The van der Waals surface area contributed by atoms with Crippen LogP contribution in [-0.2, 0) is 0 Å². The highest BCUT2D eigenvalue weighted by molar-refractivity contribution is 6.31. The second kappa shape index (κ2) is 6.82. The van der Waals surface area contributed by atoms with E-state index in [4.69, 9.17) is 16.0 Å². The first kappa shape index (κ1) is 17.7. The number of hydrogen-bond donors (Lipinski definition) is 1. The topological polar surface area (TPSA) is 28.9 Å². The fourth-order valence-electron chi connectivity index (χ4n) is 3.45. The average molecular weight is 390 g/mol. The maximum absolute atomic E-state index is 13.4. The molecule has 0 spiro atoms. The molecule has 27 heavy (non-hydrogen) atoms. The molecule has 0 saturated carbocycles. The third-order valence-corrected chi connectivity index (χ3v) is 4.77. The van der Waals surface area contributed by atoms with Gasteiger partial charge in [0.1, 0.15) is 5.76 Å². The summed E-state index contributed by atoms with van der Waals surface area (Å²) in [7, 11) is 0. The van der Waals surface area contributed by atoms with Crippen LogP contribution >= 0.6 is 11.6 Å². The van der Waals surface area contributed by atoms with Crippen molar-refractivity contribution in [3.05, 3.63) is 83.3 Å². The number of aromatic amines is 1. The van der Waals surface area contributed by atoms with Crippen LogP contribution in [0.2, 0.25) is 5.02 Å². The molecule has 2 aromatic heterocycles. The van der Waals surface area contributed by atoms with Gasteiger partial charge in [-0.1, -0.05) is 48.0 Å². The van der Waals surface area contributed by atoms with Crippen molar-refractivity contribution < 1.29 is 17.6 Å². The van der Waals surface area contributed by atoms with E-state index in [2.05, 4.69) is 4.98 Å². The summed E-state index contributed by atoms with van der Waals surface area (Å²) < 4.78 is 45.6. The molecule has 4 aromatic rings. The summed E-state index contributed by atoms with van der Waals surface area (Å²) in [6, 6.07) is 17.6. The minimum atomic E-state index is -4.35. The van der Waals surface area contributed by atoms with E-state index in [9.17, 15) is 13.2 Å². The maximum Gasteiger partial charge on any atom is 0.390 e. The van der Waals surface area contributed by atoms with Crippen LogP contribution in [-0.4, -0.2) is 11.2 Å². The second-order valence-electron chi connectivity index (χ2n) is 6.36. The van der Waals surface area contributed by atoms with E-state index < -0.39 is 18.5 Å². The van der Waals surface area contributed by atoms with Gasteiger partial charge >= 0.3 is 6.18 Å². The summed E-state index contributed by atoms with van der Waals surface area (Å²) in [6.45, 7) is 0. The van der Waals surface area contributed by atoms with Crippen molar-refractivity contribution in [1.29, 1.82) is 0 Å². The van der Waals surface area contributed by atoms with Gasteiger partial charge in [-0.25, -0.2) is 0 Å². The predicted molar refractivity (Wildman–Crippen MR) is 100.0 cm³/mol. The molecule has 1 atom stereocenters. The van der Waals surface area contributed by atoms with Gasteiger partial charge in [-0.2, -0.15) is 13.2 Å². The first-order valence-corrected chi connectivity index (χ1v) is 8.77. The van der Waals surface area contributed by atoms with Crippen molar-refractivity contribution in [2.75, 3.05) is 0 Å². The molecule has 2 aromatic carbocycles. The first-order chi connectivity index (χ1) is 12.9. The van der Waals surface area contributed by atoms with E-state index in [0.717, 1.165) is 5.56 Å². The molecule has 0 unspecified atom stereocenters. The highest BCUT2D eigenvalue weighted by atomic mass is 35.5. The van der Waals surface area contributed by atoms with Crippen molar-refractivity contribution in [1.82, 2.24) is 4.98 Å². The molecule has 0 amide bonds. The summed E-state index contributed by atoms with van der Waals surface area (Å²) in [5.41, 5.74) is 2.69. The summed E-state index contributed by atoms with van der Waals surface area (Å²) in [5.74, 6) is -0.689. The minimum Gasteiger partial charge on any atom is -0.469 e. The summed E-state index contributed by atoms with van der Waals surface area (Å²) in [5, 5.41) is 1.21. The van der Waals surface area contributed by atoms with Crippen LogP contribution < -0.4 is 0 Å². The quantitative estimate of drug-likeness (QED) is 0.394. The van der Waals surface area contributed by atoms with Crippen LogP contribution in [0.25, 0.3) is 22.2 Å². The van der Waals surface area contributed by atoms with Crippen LogP contribution in [0.1, 0.15) is 23.7 Å². The number of rotatable bonds is 4. The van der Waals surface area contributed by atoms with E-state index in [0.29, 0.717) is 27.2 Å². The number of alkyl halides is 3.